The lowest BCUT2D eigenvalue weighted by Gasteiger charge is -2.26. The fraction of sp³-hybridized carbons (Fsp3) is 0.333. The van der Waals surface area contributed by atoms with Crippen molar-refractivity contribution in [2.24, 2.45) is 0 Å². The number of nitrogens with zero attached hydrogens (tertiary/aromatic N) is 2. The molecular formula is C15H17N3O3. The number of amides is 1. The van der Waals surface area contributed by atoms with Crippen molar-refractivity contribution in [3.63, 3.8) is 0 Å². The molecule has 1 N–H and O–H groups in total. The van der Waals surface area contributed by atoms with Crippen LogP contribution in [0.15, 0.2) is 24.5 Å². The molecule has 2 heterocycles. The van der Waals surface area contributed by atoms with Gasteiger partial charge in [0, 0.05) is 24.2 Å². The molecule has 0 saturated carbocycles. The predicted molar refractivity (Wildman–Crippen MR) is 76.6 cm³/mol. The zero-order chi connectivity index (χ0) is 14.8. The van der Waals surface area contributed by atoms with E-state index < -0.39 is 0 Å². The number of ether oxygens (including phenoxy) is 2. The van der Waals surface area contributed by atoms with E-state index in [2.05, 4.69) is 9.97 Å². The molecule has 0 atom stereocenters. The average Bonchev–Trinajstić information content (AvgIpc) is 3.00. The Hall–Kier alpha value is -2.50. The molecule has 1 amide bonds. The highest BCUT2D eigenvalue weighted by Gasteiger charge is 2.24. The lowest BCUT2D eigenvalue weighted by atomic mass is 10.1. The molecule has 21 heavy (non-hydrogen) atoms. The van der Waals surface area contributed by atoms with Gasteiger partial charge in [-0.05, 0) is 18.2 Å². The van der Waals surface area contributed by atoms with Crippen LogP contribution in [0.3, 0.4) is 0 Å². The van der Waals surface area contributed by atoms with Crippen LogP contribution in [-0.2, 0) is 13.0 Å². The van der Waals surface area contributed by atoms with Gasteiger partial charge in [-0.15, -0.1) is 0 Å². The van der Waals surface area contributed by atoms with E-state index in [1.807, 2.05) is 0 Å². The van der Waals surface area contributed by atoms with Crippen LogP contribution in [0.25, 0.3) is 0 Å². The summed E-state index contributed by atoms with van der Waals surface area (Å²) in [4.78, 5) is 21.7. The molecule has 0 bridgehead atoms. The first-order chi connectivity index (χ1) is 10.2. The largest absolute Gasteiger partial charge is 0.493 e. The van der Waals surface area contributed by atoms with Crippen molar-refractivity contribution in [2.75, 3.05) is 20.8 Å². The minimum absolute atomic E-state index is 0.0235. The maximum absolute atomic E-state index is 12.6. The van der Waals surface area contributed by atoms with Gasteiger partial charge in [-0.3, -0.25) is 4.79 Å². The molecule has 3 rings (SSSR count). The smallest absolute Gasteiger partial charge is 0.254 e. The van der Waals surface area contributed by atoms with Gasteiger partial charge in [0.1, 0.15) is 0 Å². The van der Waals surface area contributed by atoms with Crippen molar-refractivity contribution in [3.8, 4) is 11.5 Å². The van der Waals surface area contributed by atoms with Gasteiger partial charge in [-0.1, -0.05) is 0 Å². The molecule has 0 radical (unpaired) electrons. The summed E-state index contributed by atoms with van der Waals surface area (Å²) in [6, 6.07) is 5.21. The number of aromatic amines is 1. The quantitative estimate of drug-likeness (QED) is 0.931. The molecule has 6 nitrogen and oxygen atoms in total. The number of methoxy groups -OCH3 is 2. The first-order valence-electron chi connectivity index (χ1n) is 6.75. The van der Waals surface area contributed by atoms with E-state index in [1.54, 1.807) is 43.6 Å². The Bertz CT molecular complexity index is 666. The van der Waals surface area contributed by atoms with Crippen LogP contribution < -0.4 is 9.47 Å². The fourth-order valence-corrected chi connectivity index (χ4v) is 2.53. The predicted octanol–water partition coefficient (Wildman–Crippen LogP) is 1.63. The van der Waals surface area contributed by atoms with Gasteiger partial charge in [-0.2, -0.15) is 0 Å². The SMILES string of the molecule is COc1ccc(C(=O)N2CCc3[nH]cnc3C2)cc1OC. The Kier molecular flexibility index (Phi) is 3.51. The number of rotatable bonds is 3. The molecule has 0 saturated heterocycles. The second-order valence-electron chi connectivity index (χ2n) is 4.87. The molecule has 1 aromatic heterocycles. The summed E-state index contributed by atoms with van der Waals surface area (Å²) in [6.45, 7) is 1.22. The monoisotopic (exact) mass is 287 g/mol. The lowest BCUT2D eigenvalue weighted by molar-refractivity contribution is 0.0731. The van der Waals surface area contributed by atoms with Crippen molar-refractivity contribution in [1.82, 2.24) is 14.9 Å². The summed E-state index contributed by atoms with van der Waals surface area (Å²) in [6.07, 6.45) is 2.48. The molecule has 0 fully saturated rings. The Morgan fingerprint density at radius 3 is 2.86 bits per heavy atom. The molecule has 1 aliphatic rings. The first kappa shape index (κ1) is 13.5. The van der Waals surface area contributed by atoms with Crippen LogP contribution in [0.5, 0.6) is 11.5 Å². The van der Waals surface area contributed by atoms with Crippen LogP contribution in [0.4, 0.5) is 0 Å². The fourth-order valence-electron chi connectivity index (χ4n) is 2.53. The molecule has 110 valence electrons. The number of benzene rings is 1. The Labute approximate surface area is 122 Å². The van der Waals surface area contributed by atoms with Gasteiger partial charge in [0.2, 0.25) is 0 Å². The zero-order valence-corrected chi connectivity index (χ0v) is 12.0. The van der Waals surface area contributed by atoms with Crippen molar-refractivity contribution in [2.45, 2.75) is 13.0 Å². The van der Waals surface area contributed by atoms with E-state index in [1.165, 1.54) is 0 Å². The molecule has 0 spiro atoms. The van der Waals surface area contributed by atoms with Gasteiger partial charge in [0.05, 0.1) is 32.8 Å². The van der Waals surface area contributed by atoms with E-state index >= 15 is 0 Å². The van der Waals surface area contributed by atoms with Gasteiger partial charge >= 0.3 is 0 Å². The summed E-state index contributed by atoms with van der Waals surface area (Å²) in [5, 5.41) is 0. The normalized spacial score (nSPS) is 13.7. The molecule has 0 unspecified atom stereocenters. The molecule has 0 aliphatic carbocycles. The van der Waals surface area contributed by atoms with Crippen LogP contribution in [0.1, 0.15) is 21.7 Å². The summed E-state index contributed by atoms with van der Waals surface area (Å²) >= 11 is 0. The summed E-state index contributed by atoms with van der Waals surface area (Å²) in [5.74, 6) is 1.15. The molecule has 2 aromatic rings. The van der Waals surface area contributed by atoms with Gasteiger partial charge in [0.15, 0.2) is 11.5 Å². The molecule has 6 heteroatoms. The minimum atomic E-state index is -0.0235. The molecule has 1 aromatic carbocycles. The van der Waals surface area contributed by atoms with Crippen molar-refractivity contribution in [1.29, 1.82) is 0 Å². The number of carbonyl (C=O) groups is 1. The van der Waals surface area contributed by atoms with E-state index in [9.17, 15) is 4.79 Å². The van der Waals surface area contributed by atoms with Crippen LogP contribution in [0, 0.1) is 0 Å². The van der Waals surface area contributed by atoms with E-state index in [0.717, 1.165) is 17.8 Å². The molecule has 1 aliphatic heterocycles. The number of imidazole rings is 1. The Balaban J connectivity index is 1.83. The van der Waals surface area contributed by atoms with E-state index in [-0.39, 0.29) is 5.91 Å². The summed E-state index contributed by atoms with van der Waals surface area (Å²) in [7, 11) is 3.13. The van der Waals surface area contributed by atoms with Crippen molar-refractivity contribution in [3.05, 3.63) is 41.5 Å². The number of aromatic nitrogens is 2. The maximum atomic E-state index is 12.6. The van der Waals surface area contributed by atoms with Gasteiger partial charge in [-0.25, -0.2) is 4.98 Å². The van der Waals surface area contributed by atoms with Crippen molar-refractivity contribution < 1.29 is 14.3 Å². The second-order valence-corrected chi connectivity index (χ2v) is 4.87. The van der Waals surface area contributed by atoms with E-state index in [4.69, 9.17) is 9.47 Å². The standard InChI is InChI=1S/C15H17N3O3/c1-20-13-4-3-10(7-14(13)21-2)15(19)18-6-5-11-12(8-18)17-9-16-11/h3-4,7,9H,5-6,8H2,1-2H3,(H,16,17). The number of fused-ring (bicyclic) bond motifs is 1. The first-order valence-corrected chi connectivity index (χ1v) is 6.75. The topological polar surface area (TPSA) is 67.5 Å². The van der Waals surface area contributed by atoms with Crippen LogP contribution in [-0.4, -0.2) is 41.5 Å². The summed E-state index contributed by atoms with van der Waals surface area (Å²) < 4.78 is 10.4. The number of carbonyl (C=O) groups excluding carboxylic acids is 1. The number of hydrogen-bond acceptors (Lipinski definition) is 4. The van der Waals surface area contributed by atoms with Crippen LogP contribution in [0.2, 0.25) is 0 Å². The van der Waals surface area contributed by atoms with Gasteiger partial charge < -0.3 is 19.4 Å². The zero-order valence-electron chi connectivity index (χ0n) is 12.0. The highest BCUT2D eigenvalue weighted by molar-refractivity contribution is 5.95. The Morgan fingerprint density at radius 1 is 1.29 bits per heavy atom. The third kappa shape index (κ3) is 2.44. The van der Waals surface area contributed by atoms with Crippen molar-refractivity contribution >= 4 is 5.91 Å². The molecular weight excluding hydrogens is 270 g/mol. The third-order valence-corrected chi connectivity index (χ3v) is 3.70. The van der Waals surface area contributed by atoms with Crippen LogP contribution >= 0.6 is 0 Å². The lowest BCUT2D eigenvalue weighted by Crippen LogP contribution is -2.36. The Morgan fingerprint density at radius 2 is 2.10 bits per heavy atom. The van der Waals surface area contributed by atoms with Gasteiger partial charge in [0.25, 0.3) is 5.91 Å². The highest BCUT2D eigenvalue weighted by Crippen LogP contribution is 2.28. The van der Waals surface area contributed by atoms with E-state index in [0.29, 0.717) is 30.2 Å². The minimum Gasteiger partial charge on any atom is -0.493 e. The highest BCUT2D eigenvalue weighted by atomic mass is 16.5. The summed E-state index contributed by atoms with van der Waals surface area (Å²) in [5.41, 5.74) is 2.65. The number of hydrogen-bond donors (Lipinski definition) is 1. The average molecular weight is 287 g/mol. The number of nitrogens with one attached hydrogen (secondary N) is 1. The third-order valence-electron chi connectivity index (χ3n) is 3.70. The second kappa shape index (κ2) is 5.47. The maximum Gasteiger partial charge on any atom is 0.254 e. The number of H-pyrrole nitrogens is 1.